The van der Waals surface area contributed by atoms with Crippen molar-refractivity contribution >= 4 is 5.70 Å². The van der Waals surface area contributed by atoms with Crippen molar-refractivity contribution in [3.63, 3.8) is 0 Å². The van der Waals surface area contributed by atoms with Crippen LogP contribution in [0.25, 0.3) is 5.70 Å². The van der Waals surface area contributed by atoms with Gasteiger partial charge in [-0.15, -0.1) is 0 Å². The normalized spacial score (nSPS) is 9.62. The molecule has 0 fully saturated rings. The van der Waals surface area contributed by atoms with E-state index in [9.17, 15) is 0 Å². The Morgan fingerprint density at radius 3 is 2.77 bits per heavy atom. The van der Waals surface area contributed by atoms with Crippen molar-refractivity contribution in [2.45, 2.75) is 0 Å². The van der Waals surface area contributed by atoms with Gasteiger partial charge in [0.1, 0.15) is 12.4 Å². The highest BCUT2D eigenvalue weighted by Gasteiger charge is 2.02. The minimum absolute atomic E-state index is 0.00855. The quantitative estimate of drug-likeness (QED) is 0.724. The van der Waals surface area contributed by atoms with E-state index in [-0.39, 0.29) is 13.2 Å². The average Bonchev–Trinajstić information content (AvgIpc) is 2.15. The van der Waals surface area contributed by atoms with E-state index in [1.54, 1.807) is 6.07 Å². The first-order valence-electron chi connectivity index (χ1n) is 4.03. The number of aliphatic hydroxyl groups excluding tert-OH is 1. The molecule has 3 N–H and O–H groups in total. The van der Waals surface area contributed by atoms with Gasteiger partial charge in [-0.3, -0.25) is 0 Å². The number of nitrogens with two attached hydrogens (primary N) is 1. The number of benzene rings is 1. The van der Waals surface area contributed by atoms with Crippen molar-refractivity contribution in [3.05, 3.63) is 36.4 Å². The summed E-state index contributed by atoms with van der Waals surface area (Å²) >= 11 is 0. The van der Waals surface area contributed by atoms with Gasteiger partial charge < -0.3 is 15.6 Å². The zero-order valence-corrected chi connectivity index (χ0v) is 7.36. The Morgan fingerprint density at radius 1 is 1.46 bits per heavy atom. The number of aliphatic hydroxyl groups is 1. The van der Waals surface area contributed by atoms with Gasteiger partial charge in [0.05, 0.1) is 6.61 Å². The highest BCUT2D eigenvalue weighted by Crippen LogP contribution is 2.21. The van der Waals surface area contributed by atoms with Crippen LogP contribution in [0.2, 0.25) is 0 Å². The molecule has 0 spiro atoms. The number of hydrogen-bond acceptors (Lipinski definition) is 3. The van der Waals surface area contributed by atoms with E-state index >= 15 is 0 Å². The van der Waals surface area contributed by atoms with Gasteiger partial charge in [0.25, 0.3) is 0 Å². The molecule has 0 aliphatic carbocycles. The first-order chi connectivity index (χ1) is 6.25. The van der Waals surface area contributed by atoms with Gasteiger partial charge in [-0.25, -0.2) is 0 Å². The van der Waals surface area contributed by atoms with E-state index in [1.165, 1.54) is 0 Å². The molecule has 0 aromatic heterocycles. The highest BCUT2D eigenvalue weighted by molar-refractivity contribution is 5.65. The van der Waals surface area contributed by atoms with Gasteiger partial charge >= 0.3 is 0 Å². The maximum Gasteiger partial charge on any atom is 0.128 e. The number of rotatable bonds is 4. The van der Waals surface area contributed by atoms with E-state index in [1.807, 2.05) is 18.2 Å². The summed E-state index contributed by atoms with van der Waals surface area (Å²) in [7, 11) is 0. The zero-order valence-electron chi connectivity index (χ0n) is 7.36. The molecule has 0 aliphatic rings. The van der Waals surface area contributed by atoms with Gasteiger partial charge in [-0.1, -0.05) is 18.7 Å². The molecular weight excluding hydrogens is 166 g/mol. The molecule has 3 heteroatoms. The lowest BCUT2D eigenvalue weighted by Gasteiger charge is -2.09. The molecular formula is C10H13NO2. The number of hydrogen-bond donors (Lipinski definition) is 2. The Kier molecular flexibility index (Phi) is 3.34. The van der Waals surface area contributed by atoms with Gasteiger partial charge in [0.2, 0.25) is 0 Å². The van der Waals surface area contributed by atoms with Gasteiger partial charge in [0, 0.05) is 11.3 Å². The third kappa shape index (κ3) is 2.49. The van der Waals surface area contributed by atoms with Gasteiger partial charge in [0.15, 0.2) is 0 Å². The molecule has 1 aromatic carbocycles. The molecule has 0 atom stereocenters. The second-order valence-electron chi connectivity index (χ2n) is 2.59. The lowest BCUT2D eigenvalue weighted by atomic mass is 10.1. The van der Waals surface area contributed by atoms with E-state index in [4.69, 9.17) is 15.6 Å². The summed E-state index contributed by atoms with van der Waals surface area (Å²) in [5.41, 5.74) is 6.79. The third-order valence-electron chi connectivity index (χ3n) is 1.58. The van der Waals surface area contributed by atoms with Crippen LogP contribution >= 0.6 is 0 Å². The molecule has 70 valence electrons. The minimum atomic E-state index is -0.00855. The van der Waals surface area contributed by atoms with Gasteiger partial charge in [-0.2, -0.15) is 0 Å². The fourth-order valence-corrected chi connectivity index (χ4v) is 1.01. The van der Waals surface area contributed by atoms with Crippen molar-refractivity contribution < 1.29 is 9.84 Å². The molecule has 0 saturated carbocycles. The van der Waals surface area contributed by atoms with E-state index < -0.39 is 0 Å². The van der Waals surface area contributed by atoms with Crippen molar-refractivity contribution in [1.29, 1.82) is 0 Å². The SMILES string of the molecule is C=C(N)c1ccccc1OCCO. The molecule has 0 amide bonds. The number of para-hydroxylation sites is 1. The lowest BCUT2D eigenvalue weighted by molar-refractivity contribution is 0.201. The fraction of sp³-hybridized carbons (Fsp3) is 0.200. The predicted octanol–water partition coefficient (Wildman–Crippen LogP) is 0.987. The molecule has 1 aromatic rings. The van der Waals surface area contributed by atoms with Crippen LogP contribution in [-0.2, 0) is 0 Å². The van der Waals surface area contributed by atoms with Crippen LogP contribution < -0.4 is 10.5 Å². The van der Waals surface area contributed by atoms with Crippen molar-refractivity contribution in [1.82, 2.24) is 0 Å². The summed E-state index contributed by atoms with van der Waals surface area (Å²) in [4.78, 5) is 0. The first-order valence-corrected chi connectivity index (χ1v) is 4.03. The summed E-state index contributed by atoms with van der Waals surface area (Å²) in [6.45, 7) is 3.89. The smallest absolute Gasteiger partial charge is 0.128 e. The lowest BCUT2D eigenvalue weighted by Crippen LogP contribution is -2.05. The molecule has 13 heavy (non-hydrogen) atoms. The monoisotopic (exact) mass is 179 g/mol. The van der Waals surface area contributed by atoms with Crippen LogP contribution in [0.4, 0.5) is 0 Å². The molecule has 0 radical (unpaired) electrons. The van der Waals surface area contributed by atoms with Crippen molar-refractivity contribution in [2.75, 3.05) is 13.2 Å². The maximum absolute atomic E-state index is 8.58. The zero-order chi connectivity index (χ0) is 9.68. The summed E-state index contributed by atoms with van der Waals surface area (Å²) in [5, 5.41) is 8.58. The summed E-state index contributed by atoms with van der Waals surface area (Å²) in [6.07, 6.45) is 0. The topological polar surface area (TPSA) is 55.5 Å². The molecule has 0 heterocycles. The predicted molar refractivity (Wildman–Crippen MR) is 52.2 cm³/mol. The Hall–Kier alpha value is -1.48. The highest BCUT2D eigenvalue weighted by atomic mass is 16.5. The third-order valence-corrected chi connectivity index (χ3v) is 1.58. The summed E-state index contributed by atoms with van der Waals surface area (Å²) in [6, 6.07) is 7.33. The minimum Gasteiger partial charge on any atom is -0.490 e. The Bertz CT molecular complexity index is 297. The van der Waals surface area contributed by atoms with Crippen molar-refractivity contribution in [2.24, 2.45) is 5.73 Å². The standard InChI is InChI=1S/C10H13NO2/c1-8(11)9-4-2-3-5-10(9)13-7-6-12/h2-5,12H,1,6-7,11H2. The van der Waals surface area contributed by atoms with Crippen LogP contribution in [0.3, 0.4) is 0 Å². The Labute approximate surface area is 77.4 Å². The van der Waals surface area contributed by atoms with E-state index in [0.717, 1.165) is 5.56 Å². The van der Waals surface area contributed by atoms with Crippen LogP contribution in [0.15, 0.2) is 30.8 Å². The second-order valence-corrected chi connectivity index (χ2v) is 2.59. The van der Waals surface area contributed by atoms with Crippen LogP contribution in [0.5, 0.6) is 5.75 Å². The van der Waals surface area contributed by atoms with Gasteiger partial charge in [-0.05, 0) is 12.1 Å². The van der Waals surface area contributed by atoms with Crippen LogP contribution in [0, 0.1) is 0 Å². The maximum atomic E-state index is 8.58. The van der Waals surface area contributed by atoms with Crippen LogP contribution in [0.1, 0.15) is 5.56 Å². The molecule has 3 nitrogen and oxygen atoms in total. The van der Waals surface area contributed by atoms with Crippen molar-refractivity contribution in [3.8, 4) is 5.75 Å². The van der Waals surface area contributed by atoms with E-state index in [0.29, 0.717) is 11.4 Å². The molecule has 0 saturated heterocycles. The Balaban J connectivity index is 2.84. The second kappa shape index (κ2) is 4.52. The summed E-state index contributed by atoms with van der Waals surface area (Å²) < 4.78 is 5.26. The molecule has 0 unspecified atom stereocenters. The number of ether oxygens (including phenoxy) is 1. The van der Waals surface area contributed by atoms with E-state index in [2.05, 4.69) is 6.58 Å². The molecule has 1 rings (SSSR count). The fourth-order valence-electron chi connectivity index (χ4n) is 1.01. The molecule has 0 aliphatic heterocycles. The largest absolute Gasteiger partial charge is 0.490 e. The van der Waals surface area contributed by atoms with Crippen LogP contribution in [-0.4, -0.2) is 18.3 Å². The average molecular weight is 179 g/mol. The summed E-state index contributed by atoms with van der Waals surface area (Å²) in [5.74, 6) is 0.657. The Morgan fingerprint density at radius 2 is 2.15 bits per heavy atom. The first kappa shape index (κ1) is 9.61. The molecule has 0 bridgehead atoms.